The molecule has 1 N–H and O–H groups in total. The van der Waals surface area contributed by atoms with Crippen molar-refractivity contribution in [3.8, 4) is 23.3 Å². The van der Waals surface area contributed by atoms with Gasteiger partial charge in [-0.1, -0.05) is 32.0 Å². The van der Waals surface area contributed by atoms with Crippen molar-refractivity contribution >= 4 is 5.97 Å². The number of carboxylic acid groups (broad SMARTS) is 1. The average Bonchev–Trinajstić information content (AvgIpc) is 2.83. The molecule has 1 atom stereocenters. The van der Waals surface area contributed by atoms with Gasteiger partial charge >= 0.3 is 5.97 Å². The summed E-state index contributed by atoms with van der Waals surface area (Å²) in [6.45, 7) is 5.53. The molecule has 1 unspecified atom stereocenters. The number of hydrogen-bond donors (Lipinski definition) is 1. The minimum absolute atomic E-state index is 0.134. The standard InChI is InChI=1S/C27H36N2O5/c1-20(2)27(19-28,22-10-11-24(32-4)25(17-22)33-5)13-7-14-29(3)15-12-21-8-6-9-23(16-21)34-18-26(30)31/h6,8-11,16-17,20H,7,12-15,18H2,1-5H3,(H,30,31). The van der Waals surface area contributed by atoms with Gasteiger partial charge in [0.2, 0.25) is 0 Å². The fraction of sp³-hybridized carbons (Fsp3) is 0.481. The summed E-state index contributed by atoms with van der Waals surface area (Å²) in [5.74, 6) is 0.988. The molecule has 7 nitrogen and oxygen atoms in total. The second-order valence-electron chi connectivity index (χ2n) is 8.79. The first-order valence-electron chi connectivity index (χ1n) is 11.5. The van der Waals surface area contributed by atoms with Gasteiger partial charge in [0.25, 0.3) is 0 Å². The van der Waals surface area contributed by atoms with Crippen LogP contribution in [0.25, 0.3) is 0 Å². The Balaban J connectivity index is 1.98. The number of likely N-dealkylation sites (N-methyl/N-ethyl adjacent to an activating group) is 1. The van der Waals surface area contributed by atoms with Crippen molar-refractivity contribution in [2.24, 2.45) is 5.92 Å². The Bertz CT molecular complexity index is 985. The van der Waals surface area contributed by atoms with Crippen molar-refractivity contribution in [2.75, 3.05) is 41.0 Å². The molecule has 0 bridgehead atoms. The molecule has 0 aliphatic carbocycles. The highest BCUT2D eigenvalue weighted by Gasteiger charge is 2.36. The van der Waals surface area contributed by atoms with E-state index in [1.165, 1.54) is 0 Å². The van der Waals surface area contributed by atoms with Gasteiger partial charge in [0.05, 0.1) is 25.7 Å². The number of ether oxygens (including phenoxy) is 3. The van der Waals surface area contributed by atoms with E-state index >= 15 is 0 Å². The van der Waals surface area contributed by atoms with Crippen LogP contribution in [0.1, 0.15) is 37.8 Å². The largest absolute Gasteiger partial charge is 0.493 e. The summed E-state index contributed by atoms with van der Waals surface area (Å²) in [6.07, 6.45) is 2.43. The van der Waals surface area contributed by atoms with Crippen LogP contribution in [-0.2, 0) is 16.6 Å². The highest BCUT2D eigenvalue weighted by atomic mass is 16.5. The second-order valence-corrected chi connectivity index (χ2v) is 8.79. The van der Waals surface area contributed by atoms with Crippen molar-refractivity contribution in [3.05, 3.63) is 53.6 Å². The summed E-state index contributed by atoms with van der Waals surface area (Å²) in [5, 5.41) is 19.0. The number of methoxy groups -OCH3 is 2. The lowest BCUT2D eigenvalue weighted by molar-refractivity contribution is -0.139. The predicted octanol–water partition coefficient (Wildman–Crippen LogP) is 4.54. The van der Waals surface area contributed by atoms with Crippen LogP contribution in [0.5, 0.6) is 17.2 Å². The minimum atomic E-state index is -0.993. The molecule has 0 heterocycles. The number of aliphatic carboxylic acids is 1. The highest BCUT2D eigenvalue weighted by Crippen LogP contribution is 2.40. The van der Waals surface area contributed by atoms with Crippen LogP contribution in [0, 0.1) is 17.2 Å². The van der Waals surface area contributed by atoms with E-state index in [0.29, 0.717) is 17.2 Å². The van der Waals surface area contributed by atoms with Crippen molar-refractivity contribution in [1.29, 1.82) is 5.26 Å². The average molecular weight is 469 g/mol. The molecule has 2 aromatic rings. The maximum absolute atomic E-state index is 10.7. The van der Waals surface area contributed by atoms with Gasteiger partial charge in [0.15, 0.2) is 18.1 Å². The van der Waals surface area contributed by atoms with Gasteiger partial charge in [-0.05, 0) is 74.2 Å². The molecule has 0 aliphatic rings. The van der Waals surface area contributed by atoms with E-state index in [0.717, 1.165) is 43.5 Å². The summed E-state index contributed by atoms with van der Waals surface area (Å²) >= 11 is 0. The van der Waals surface area contributed by atoms with Crippen LogP contribution in [0.4, 0.5) is 0 Å². The number of nitrogens with zero attached hydrogens (tertiary/aromatic N) is 2. The first-order chi connectivity index (χ1) is 16.2. The van der Waals surface area contributed by atoms with Gasteiger partial charge in [-0.25, -0.2) is 4.79 Å². The second kappa shape index (κ2) is 12.9. The van der Waals surface area contributed by atoms with Gasteiger partial charge in [-0.15, -0.1) is 0 Å². The Kier molecular flexibility index (Phi) is 10.2. The van der Waals surface area contributed by atoms with E-state index < -0.39 is 11.4 Å². The maximum Gasteiger partial charge on any atom is 0.341 e. The fourth-order valence-electron chi connectivity index (χ4n) is 4.13. The van der Waals surface area contributed by atoms with Gasteiger partial charge in [-0.3, -0.25) is 0 Å². The molecule has 184 valence electrons. The first kappa shape index (κ1) is 27.0. The highest BCUT2D eigenvalue weighted by molar-refractivity contribution is 5.68. The number of benzene rings is 2. The van der Waals surface area contributed by atoms with E-state index in [9.17, 15) is 10.1 Å². The molecule has 0 amide bonds. The summed E-state index contributed by atoms with van der Waals surface area (Å²) in [5.41, 5.74) is 1.42. The van der Waals surface area contributed by atoms with Crippen molar-refractivity contribution in [3.63, 3.8) is 0 Å². The van der Waals surface area contributed by atoms with Gasteiger partial charge < -0.3 is 24.2 Å². The van der Waals surface area contributed by atoms with E-state index in [4.69, 9.17) is 19.3 Å². The number of carbonyl (C=O) groups is 1. The molecular weight excluding hydrogens is 432 g/mol. The van der Waals surface area contributed by atoms with Crippen molar-refractivity contribution < 1.29 is 24.1 Å². The Morgan fingerprint density at radius 2 is 1.85 bits per heavy atom. The van der Waals surface area contributed by atoms with E-state index in [-0.39, 0.29) is 12.5 Å². The van der Waals surface area contributed by atoms with Gasteiger partial charge in [0, 0.05) is 6.54 Å². The summed E-state index contributed by atoms with van der Waals surface area (Å²) < 4.78 is 16.1. The number of carboxylic acids is 1. The molecule has 0 aromatic heterocycles. The Morgan fingerprint density at radius 3 is 2.47 bits per heavy atom. The van der Waals surface area contributed by atoms with Crippen molar-refractivity contribution in [2.45, 2.75) is 38.5 Å². The molecule has 0 saturated carbocycles. The van der Waals surface area contributed by atoms with Crippen LogP contribution in [0.3, 0.4) is 0 Å². The molecule has 34 heavy (non-hydrogen) atoms. The number of hydrogen-bond acceptors (Lipinski definition) is 6. The molecule has 0 aliphatic heterocycles. The summed E-state index contributed by atoms with van der Waals surface area (Å²) in [6, 6.07) is 15.9. The zero-order chi connectivity index (χ0) is 25.1. The Labute approximate surface area is 202 Å². The van der Waals surface area contributed by atoms with E-state index in [1.54, 1.807) is 20.3 Å². The molecule has 0 fully saturated rings. The lowest BCUT2D eigenvalue weighted by Crippen LogP contribution is -2.32. The molecule has 2 aromatic carbocycles. The van der Waals surface area contributed by atoms with Crippen LogP contribution in [0.2, 0.25) is 0 Å². The molecule has 2 rings (SSSR count). The van der Waals surface area contributed by atoms with Gasteiger partial charge in [-0.2, -0.15) is 5.26 Å². The lowest BCUT2D eigenvalue weighted by atomic mass is 9.69. The molecular formula is C27H36N2O5. The van der Waals surface area contributed by atoms with E-state index in [2.05, 4.69) is 31.9 Å². The first-order valence-corrected chi connectivity index (χ1v) is 11.5. The van der Waals surface area contributed by atoms with Crippen molar-refractivity contribution in [1.82, 2.24) is 4.90 Å². The van der Waals surface area contributed by atoms with Crippen LogP contribution in [-0.4, -0.2) is 56.9 Å². The van der Waals surface area contributed by atoms with Gasteiger partial charge in [0.1, 0.15) is 5.75 Å². The molecule has 7 heteroatoms. The summed E-state index contributed by atoms with van der Waals surface area (Å²) in [4.78, 5) is 12.9. The fourth-order valence-corrected chi connectivity index (χ4v) is 4.13. The Morgan fingerprint density at radius 1 is 1.12 bits per heavy atom. The predicted molar refractivity (Wildman–Crippen MR) is 132 cm³/mol. The normalized spacial score (nSPS) is 12.8. The number of nitriles is 1. The molecule has 0 spiro atoms. The monoisotopic (exact) mass is 468 g/mol. The maximum atomic E-state index is 10.7. The lowest BCUT2D eigenvalue weighted by Gasteiger charge is -2.32. The van der Waals surface area contributed by atoms with Crippen LogP contribution in [0.15, 0.2) is 42.5 Å². The SMILES string of the molecule is COc1ccc(C(C#N)(CCCN(C)CCc2cccc(OCC(=O)O)c2)C(C)C)cc1OC. The third-order valence-electron chi connectivity index (χ3n) is 6.24. The smallest absolute Gasteiger partial charge is 0.341 e. The van der Waals surface area contributed by atoms with E-state index in [1.807, 2.05) is 36.4 Å². The number of rotatable bonds is 14. The topological polar surface area (TPSA) is 92.0 Å². The molecule has 0 saturated heterocycles. The minimum Gasteiger partial charge on any atom is -0.493 e. The van der Waals surface area contributed by atoms with Crippen LogP contribution < -0.4 is 14.2 Å². The summed E-state index contributed by atoms with van der Waals surface area (Å²) in [7, 11) is 5.28. The quantitative estimate of drug-likeness (QED) is 0.435. The zero-order valence-corrected chi connectivity index (χ0v) is 20.8. The third kappa shape index (κ3) is 7.13. The Hall–Kier alpha value is -3.24. The zero-order valence-electron chi connectivity index (χ0n) is 20.8. The third-order valence-corrected chi connectivity index (χ3v) is 6.24. The molecule has 0 radical (unpaired) electrons. The van der Waals surface area contributed by atoms with Crippen LogP contribution >= 0.6 is 0 Å².